The number of carbonyl (C=O) groups is 2. The molecule has 0 atom stereocenters. The van der Waals surface area contributed by atoms with E-state index in [4.69, 9.17) is 4.74 Å². The van der Waals surface area contributed by atoms with E-state index in [0.29, 0.717) is 36.5 Å². The second-order valence-corrected chi connectivity index (χ2v) is 10.2. The average molecular weight is 458 g/mol. The van der Waals surface area contributed by atoms with Crippen molar-refractivity contribution in [1.82, 2.24) is 9.47 Å². The summed E-state index contributed by atoms with van der Waals surface area (Å²) in [5.41, 5.74) is 0.674. The number of nitrogens with zero attached hydrogens (tertiary/aromatic N) is 3. The zero-order chi connectivity index (χ0) is 21.7. The molecule has 2 aromatic rings. The summed E-state index contributed by atoms with van der Waals surface area (Å²) >= 11 is 1.09. The molecule has 0 saturated carbocycles. The molecular formula is C19H24FN3O5S2. The van der Waals surface area contributed by atoms with Crippen LogP contribution in [0.4, 0.5) is 4.39 Å². The third-order valence-corrected chi connectivity index (χ3v) is 7.19. The standard InChI is InChI=1S/C19H24FN3O5S2/c1-28-10-9-23-15-6-5-14(20)11-16(15)29-19(23)21-17(24)12-30(26,27)13-18(25)22-7-3-2-4-8-22/h5-6,11H,2-4,7-10,12-13H2,1H3. The van der Waals surface area contributed by atoms with E-state index in [1.165, 1.54) is 24.1 Å². The molecule has 1 aliphatic rings. The van der Waals surface area contributed by atoms with Gasteiger partial charge in [-0.05, 0) is 37.5 Å². The summed E-state index contributed by atoms with van der Waals surface area (Å²) in [6, 6.07) is 4.22. The fourth-order valence-electron chi connectivity index (χ4n) is 3.33. The van der Waals surface area contributed by atoms with E-state index < -0.39 is 39.0 Å². The Morgan fingerprint density at radius 2 is 1.93 bits per heavy atom. The smallest absolute Gasteiger partial charge is 0.263 e. The maximum Gasteiger partial charge on any atom is 0.263 e. The molecule has 1 saturated heterocycles. The van der Waals surface area contributed by atoms with Crippen molar-refractivity contribution in [3.63, 3.8) is 0 Å². The molecule has 30 heavy (non-hydrogen) atoms. The number of methoxy groups -OCH3 is 1. The van der Waals surface area contributed by atoms with Gasteiger partial charge in [0.05, 0.1) is 16.8 Å². The van der Waals surface area contributed by atoms with Gasteiger partial charge >= 0.3 is 0 Å². The van der Waals surface area contributed by atoms with Gasteiger partial charge in [0.15, 0.2) is 14.6 Å². The number of thiazole rings is 1. The van der Waals surface area contributed by atoms with Crippen LogP contribution in [0, 0.1) is 5.82 Å². The monoisotopic (exact) mass is 457 g/mol. The number of benzene rings is 1. The zero-order valence-corrected chi connectivity index (χ0v) is 18.3. The Labute approximate surface area is 177 Å². The van der Waals surface area contributed by atoms with Gasteiger partial charge in [0.1, 0.15) is 17.3 Å². The van der Waals surface area contributed by atoms with Crippen molar-refractivity contribution in [1.29, 1.82) is 0 Å². The lowest BCUT2D eigenvalue weighted by atomic mass is 10.1. The van der Waals surface area contributed by atoms with E-state index in [-0.39, 0.29) is 4.80 Å². The Morgan fingerprint density at radius 3 is 2.63 bits per heavy atom. The van der Waals surface area contributed by atoms with Gasteiger partial charge in [-0.1, -0.05) is 11.3 Å². The van der Waals surface area contributed by atoms with Crippen LogP contribution in [0.1, 0.15) is 19.3 Å². The van der Waals surface area contributed by atoms with E-state index in [1.807, 2.05) is 0 Å². The molecule has 0 aliphatic carbocycles. The van der Waals surface area contributed by atoms with Crippen molar-refractivity contribution in [2.24, 2.45) is 4.99 Å². The fraction of sp³-hybridized carbons (Fsp3) is 0.526. The van der Waals surface area contributed by atoms with Gasteiger partial charge in [-0.25, -0.2) is 12.8 Å². The first-order valence-electron chi connectivity index (χ1n) is 9.62. The first-order valence-corrected chi connectivity index (χ1v) is 12.3. The Morgan fingerprint density at radius 1 is 1.20 bits per heavy atom. The number of fused-ring (bicyclic) bond motifs is 1. The van der Waals surface area contributed by atoms with Crippen molar-refractivity contribution >= 4 is 43.2 Å². The molecule has 0 N–H and O–H groups in total. The second-order valence-electron chi connectivity index (χ2n) is 7.12. The van der Waals surface area contributed by atoms with Crippen LogP contribution >= 0.6 is 11.3 Å². The van der Waals surface area contributed by atoms with Gasteiger partial charge < -0.3 is 14.2 Å². The van der Waals surface area contributed by atoms with Crippen molar-refractivity contribution in [3.05, 3.63) is 28.8 Å². The third-order valence-electron chi connectivity index (χ3n) is 4.78. The number of piperidine rings is 1. The van der Waals surface area contributed by atoms with Gasteiger partial charge in [0, 0.05) is 26.7 Å². The van der Waals surface area contributed by atoms with Gasteiger partial charge in [0.25, 0.3) is 5.91 Å². The highest BCUT2D eigenvalue weighted by Gasteiger charge is 2.25. The maximum atomic E-state index is 13.5. The Balaban J connectivity index is 1.79. The van der Waals surface area contributed by atoms with Gasteiger partial charge in [0.2, 0.25) is 5.91 Å². The first-order chi connectivity index (χ1) is 14.3. The molecule has 8 nitrogen and oxygen atoms in total. The van der Waals surface area contributed by atoms with Crippen molar-refractivity contribution < 1.29 is 27.1 Å². The second kappa shape index (κ2) is 9.80. The van der Waals surface area contributed by atoms with Crippen LogP contribution in [-0.4, -0.2) is 68.0 Å². The summed E-state index contributed by atoms with van der Waals surface area (Å²) in [6.07, 6.45) is 2.73. The number of sulfone groups is 1. The highest BCUT2D eigenvalue weighted by Crippen LogP contribution is 2.18. The number of halogens is 1. The number of hydrogen-bond acceptors (Lipinski definition) is 6. The molecule has 11 heteroatoms. The topological polar surface area (TPSA) is 98.0 Å². The van der Waals surface area contributed by atoms with E-state index in [1.54, 1.807) is 10.6 Å². The van der Waals surface area contributed by atoms with E-state index in [9.17, 15) is 22.4 Å². The van der Waals surface area contributed by atoms with Gasteiger partial charge in [-0.3, -0.25) is 9.59 Å². The third kappa shape index (κ3) is 5.73. The zero-order valence-electron chi connectivity index (χ0n) is 16.7. The maximum absolute atomic E-state index is 13.5. The molecule has 0 radical (unpaired) electrons. The van der Waals surface area contributed by atoms with Crippen LogP contribution in [0.5, 0.6) is 0 Å². The summed E-state index contributed by atoms with van der Waals surface area (Å²) in [4.78, 5) is 30.3. The minimum absolute atomic E-state index is 0.259. The molecule has 0 unspecified atom stereocenters. The first kappa shape index (κ1) is 22.6. The molecular weight excluding hydrogens is 433 g/mol. The minimum Gasteiger partial charge on any atom is -0.383 e. The van der Waals surface area contributed by atoms with Gasteiger partial charge in [-0.15, -0.1) is 0 Å². The number of rotatable bonds is 7. The van der Waals surface area contributed by atoms with Crippen LogP contribution < -0.4 is 4.80 Å². The number of aromatic nitrogens is 1. The predicted molar refractivity (Wildman–Crippen MR) is 111 cm³/mol. The molecule has 0 bridgehead atoms. The van der Waals surface area contributed by atoms with Crippen LogP contribution in [0.25, 0.3) is 10.2 Å². The highest BCUT2D eigenvalue weighted by atomic mass is 32.2. The van der Waals surface area contributed by atoms with Crippen LogP contribution in [0.2, 0.25) is 0 Å². The normalized spacial score (nSPS) is 15.7. The SMILES string of the molecule is COCCn1c(=NC(=O)CS(=O)(=O)CC(=O)N2CCCCC2)sc2cc(F)ccc21. The van der Waals surface area contributed by atoms with Crippen LogP contribution in [0.3, 0.4) is 0 Å². The van der Waals surface area contributed by atoms with Gasteiger partial charge in [-0.2, -0.15) is 4.99 Å². The Bertz CT molecular complexity index is 1100. The summed E-state index contributed by atoms with van der Waals surface area (Å²) in [5, 5.41) is 0. The molecule has 2 amide bonds. The van der Waals surface area contributed by atoms with E-state index in [2.05, 4.69) is 4.99 Å². The quantitative estimate of drug-likeness (QED) is 0.625. The summed E-state index contributed by atoms with van der Waals surface area (Å²) in [6.45, 7) is 1.80. The lowest BCUT2D eigenvalue weighted by Crippen LogP contribution is -2.40. The largest absolute Gasteiger partial charge is 0.383 e. The van der Waals surface area contributed by atoms with Crippen LogP contribution in [0.15, 0.2) is 23.2 Å². The molecule has 0 spiro atoms. The number of hydrogen-bond donors (Lipinski definition) is 0. The fourth-order valence-corrected chi connectivity index (χ4v) is 5.53. The van der Waals surface area contributed by atoms with Crippen molar-refractivity contribution in [3.8, 4) is 0 Å². The minimum atomic E-state index is -3.94. The lowest BCUT2D eigenvalue weighted by Gasteiger charge is -2.26. The van der Waals surface area contributed by atoms with Crippen molar-refractivity contribution in [2.75, 3.05) is 38.3 Å². The Kier molecular flexibility index (Phi) is 7.37. The van der Waals surface area contributed by atoms with Crippen LogP contribution in [-0.2, 0) is 30.7 Å². The molecule has 3 rings (SSSR count). The lowest BCUT2D eigenvalue weighted by molar-refractivity contribution is -0.129. The molecule has 1 aromatic carbocycles. The molecule has 1 aliphatic heterocycles. The van der Waals surface area contributed by atoms with E-state index >= 15 is 0 Å². The summed E-state index contributed by atoms with van der Waals surface area (Å²) in [7, 11) is -2.41. The summed E-state index contributed by atoms with van der Waals surface area (Å²) < 4.78 is 45.6. The van der Waals surface area contributed by atoms with Crippen molar-refractivity contribution in [2.45, 2.75) is 25.8 Å². The molecule has 164 valence electrons. The Hall–Kier alpha value is -2.11. The molecule has 1 fully saturated rings. The number of ether oxygens (including phenoxy) is 1. The predicted octanol–water partition coefficient (Wildman–Crippen LogP) is 1.34. The molecule has 1 aromatic heterocycles. The number of likely N-dealkylation sites (tertiary alicyclic amines) is 1. The number of amides is 2. The highest BCUT2D eigenvalue weighted by molar-refractivity contribution is 7.92. The average Bonchev–Trinajstić information content (AvgIpc) is 3.01. The summed E-state index contributed by atoms with van der Waals surface area (Å²) in [5.74, 6) is -3.30. The molecule has 2 heterocycles. The van der Waals surface area contributed by atoms with E-state index in [0.717, 1.165) is 30.6 Å². The number of carbonyl (C=O) groups excluding carboxylic acids is 2.